The summed E-state index contributed by atoms with van der Waals surface area (Å²) in [6.45, 7) is 7.10. The van der Waals surface area contributed by atoms with E-state index in [1.54, 1.807) is 32.4 Å². The summed E-state index contributed by atoms with van der Waals surface area (Å²) in [4.78, 5) is 21.3. The number of carbonyl (C=O) groups is 1. The van der Waals surface area contributed by atoms with E-state index < -0.39 is 0 Å². The van der Waals surface area contributed by atoms with Gasteiger partial charge in [-0.25, -0.2) is 4.98 Å². The van der Waals surface area contributed by atoms with Crippen molar-refractivity contribution in [3.8, 4) is 11.5 Å². The van der Waals surface area contributed by atoms with Crippen LogP contribution in [0.1, 0.15) is 16.2 Å². The van der Waals surface area contributed by atoms with Gasteiger partial charge in [0.25, 0.3) is 5.91 Å². The van der Waals surface area contributed by atoms with Crippen LogP contribution in [0.2, 0.25) is 0 Å². The summed E-state index contributed by atoms with van der Waals surface area (Å²) in [5, 5.41) is 0. The summed E-state index contributed by atoms with van der Waals surface area (Å²) in [5.41, 5.74) is 0.601. The van der Waals surface area contributed by atoms with E-state index in [1.165, 1.54) is 0 Å². The zero-order valence-corrected chi connectivity index (χ0v) is 15.6. The Morgan fingerprint density at radius 1 is 1.04 bits per heavy atom. The summed E-state index contributed by atoms with van der Waals surface area (Å²) in [5.74, 6) is 2.31. The quantitative estimate of drug-likeness (QED) is 0.786. The van der Waals surface area contributed by atoms with Gasteiger partial charge in [0.05, 0.1) is 14.2 Å². The van der Waals surface area contributed by atoms with Crippen LogP contribution in [0.25, 0.3) is 0 Å². The van der Waals surface area contributed by atoms with Gasteiger partial charge < -0.3 is 18.9 Å². The lowest BCUT2D eigenvalue weighted by atomic mass is 10.1. The van der Waals surface area contributed by atoms with Crippen LogP contribution in [0, 0.1) is 6.92 Å². The summed E-state index contributed by atoms with van der Waals surface area (Å²) in [6.07, 6.45) is 3.83. The van der Waals surface area contributed by atoms with E-state index in [9.17, 15) is 4.79 Å². The molecule has 140 valence electrons. The zero-order valence-electron chi connectivity index (χ0n) is 15.6. The molecular formula is C19H26N4O3. The van der Waals surface area contributed by atoms with Crippen molar-refractivity contribution in [1.29, 1.82) is 0 Å². The predicted molar refractivity (Wildman–Crippen MR) is 98.9 cm³/mol. The molecule has 0 unspecified atom stereocenters. The number of aromatic nitrogens is 2. The number of amides is 1. The molecule has 7 heteroatoms. The highest BCUT2D eigenvalue weighted by Gasteiger charge is 2.23. The molecule has 1 aromatic carbocycles. The first-order chi connectivity index (χ1) is 12.6. The van der Waals surface area contributed by atoms with Gasteiger partial charge in [-0.2, -0.15) is 0 Å². The number of hydrogen-bond donors (Lipinski definition) is 0. The third-order valence-electron chi connectivity index (χ3n) is 4.84. The molecule has 1 amide bonds. The van der Waals surface area contributed by atoms with E-state index in [0.717, 1.165) is 45.1 Å². The Balaban J connectivity index is 1.56. The fourth-order valence-electron chi connectivity index (χ4n) is 3.18. The van der Waals surface area contributed by atoms with Crippen molar-refractivity contribution in [1.82, 2.24) is 19.4 Å². The largest absolute Gasteiger partial charge is 0.497 e. The average Bonchev–Trinajstić information content (AvgIpc) is 3.10. The number of nitrogens with zero attached hydrogens (tertiary/aromatic N) is 4. The molecule has 0 aliphatic carbocycles. The molecule has 1 aliphatic heterocycles. The van der Waals surface area contributed by atoms with Gasteiger partial charge in [0, 0.05) is 63.3 Å². The van der Waals surface area contributed by atoms with E-state index in [2.05, 4.69) is 14.5 Å². The van der Waals surface area contributed by atoms with Crippen molar-refractivity contribution >= 4 is 5.91 Å². The molecule has 0 radical (unpaired) electrons. The van der Waals surface area contributed by atoms with Gasteiger partial charge in [0.15, 0.2) is 0 Å². The van der Waals surface area contributed by atoms with Crippen LogP contribution in [0.3, 0.4) is 0 Å². The van der Waals surface area contributed by atoms with E-state index in [4.69, 9.17) is 9.47 Å². The minimum absolute atomic E-state index is 0.0207. The fraction of sp³-hybridized carbons (Fsp3) is 0.474. The van der Waals surface area contributed by atoms with E-state index in [-0.39, 0.29) is 5.91 Å². The third kappa shape index (κ3) is 4.16. The van der Waals surface area contributed by atoms with Crippen molar-refractivity contribution in [3.63, 3.8) is 0 Å². The Bertz CT molecular complexity index is 729. The topological polar surface area (TPSA) is 59.8 Å². The van der Waals surface area contributed by atoms with E-state index >= 15 is 0 Å². The van der Waals surface area contributed by atoms with Gasteiger partial charge in [0.2, 0.25) is 0 Å². The first-order valence-electron chi connectivity index (χ1n) is 8.83. The van der Waals surface area contributed by atoms with Gasteiger partial charge in [-0.05, 0) is 19.1 Å². The monoisotopic (exact) mass is 358 g/mol. The highest BCUT2D eigenvalue weighted by Crippen LogP contribution is 2.23. The second kappa shape index (κ2) is 8.23. The van der Waals surface area contributed by atoms with E-state index in [0.29, 0.717) is 17.1 Å². The number of imidazole rings is 1. The van der Waals surface area contributed by atoms with Crippen molar-refractivity contribution in [2.24, 2.45) is 0 Å². The Kier molecular flexibility index (Phi) is 5.78. The minimum atomic E-state index is 0.0207. The lowest BCUT2D eigenvalue weighted by Crippen LogP contribution is -2.49. The lowest BCUT2D eigenvalue weighted by molar-refractivity contribution is 0.0632. The number of rotatable bonds is 6. The maximum atomic E-state index is 12.8. The molecule has 1 saturated heterocycles. The maximum Gasteiger partial charge on any atom is 0.254 e. The molecule has 0 saturated carbocycles. The summed E-state index contributed by atoms with van der Waals surface area (Å²) >= 11 is 0. The normalized spacial score (nSPS) is 15.1. The first-order valence-corrected chi connectivity index (χ1v) is 8.83. The molecule has 2 aromatic rings. The van der Waals surface area contributed by atoms with Crippen molar-refractivity contribution in [2.45, 2.75) is 13.5 Å². The number of ether oxygens (including phenoxy) is 2. The summed E-state index contributed by atoms with van der Waals surface area (Å²) < 4.78 is 12.7. The molecule has 7 nitrogen and oxygen atoms in total. The Morgan fingerprint density at radius 3 is 2.23 bits per heavy atom. The smallest absolute Gasteiger partial charge is 0.254 e. The zero-order chi connectivity index (χ0) is 18.5. The third-order valence-corrected chi connectivity index (χ3v) is 4.84. The van der Waals surface area contributed by atoms with E-state index in [1.807, 2.05) is 24.2 Å². The van der Waals surface area contributed by atoms with Crippen molar-refractivity contribution < 1.29 is 14.3 Å². The number of hydrogen-bond acceptors (Lipinski definition) is 5. The molecule has 0 atom stereocenters. The van der Waals surface area contributed by atoms with Crippen LogP contribution < -0.4 is 9.47 Å². The average molecular weight is 358 g/mol. The standard InChI is InChI=1S/C19H26N4O3/c1-15-20-4-5-22(15)9-6-21-7-10-23(11-8-21)19(24)16-12-17(25-2)14-18(13-16)26-3/h4-5,12-14H,6-11H2,1-3H3. The number of methoxy groups -OCH3 is 2. The highest BCUT2D eigenvalue weighted by atomic mass is 16.5. The maximum absolute atomic E-state index is 12.8. The molecule has 0 bridgehead atoms. The minimum Gasteiger partial charge on any atom is -0.497 e. The van der Waals surface area contributed by atoms with Crippen LogP contribution in [0.5, 0.6) is 11.5 Å². The molecule has 1 fully saturated rings. The molecular weight excluding hydrogens is 332 g/mol. The molecule has 0 N–H and O–H groups in total. The number of benzene rings is 1. The van der Waals surface area contributed by atoms with Crippen molar-refractivity contribution in [2.75, 3.05) is 46.9 Å². The Labute approximate surface area is 154 Å². The second-order valence-electron chi connectivity index (χ2n) is 6.40. The SMILES string of the molecule is COc1cc(OC)cc(C(=O)N2CCN(CCn3ccnc3C)CC2)c1. The summed E-state index contributed by atoms with van der Waals surface area (Å²) in [7, 11) is 3.17. The van der Waals surface area contributed by atoms with Gasteiger partial charge in [-0.15, -0.1) is 0 Å². The summed E-state index contributed by atoms with van der Waals surface area (Å²) in [6, 6.07) is 5.30. The number of piperazine rings is 1. The molecule has 0 spiro atoms. The van der Waals surface area contributed by atoms with Crippen molar-refractivity contribution in [3.05, 3.63) is 42.0 Å². The van der Waals surface area contributed by atoms with Crippen LogP contribution in [-0.2, 0) is 6.54 Å². The fourth-order valence-corrected chi connectivity index (χ4v) is 3.18. The Hall–Kier alpha value is -2.54. The molecule has 26 heavy (non-hydrogen) atoms. The van der Waals surface area contributed by atoms with Crippen LogP contribution >= 0.6 is 0 Å². The van der Waals surface area contributed by atoms with Crippen LogP contribution in [-0.4, -0.2) is 72.2 Å². The number of aryl methyl sites for hydroxylation is 1. The molecule has 1 aliphatic rings. The lowest BCUT2D eigenvalue weighted by Gasteiger charge is -2.35. The highest BCUT2D eigenvalue weighted by molar-refractivity contribution is 5.95. The first kappa shape index (κ1) is 18.3. The molecule has 2 heterocycles. The molecule has 3 rings (SSSR count). The second-order valence-corrected chi connectivity index (χ2v) is 6.40. The van der Waals surface area contributed by atoms with Gasteiger partial charge >= 0.3 is 0 Å². The van der Waals surface area contributed by atoms with Gasteiger partial charge in [-0.3, -0.25) is 9.69 Å². The molecule has 1 aromatic heterocycles. The Morgan fingerprint density at radius 2 is 1.69 bits per heavy atom. The van der Waals surface area contributed by atoms with Crippen LogP contribution in [0.4, 0.5) is 0 Å². The number of carbonyl (C=O) groups excluding carboxylic acids is 1. The predicted octanol–water partition coefficient (Wildman–Crippen LogP) is 1.67. The van der Waals surface area contributed by atoms with Gasteiger partial charge in [0.1, 0.15) is 17.3 Å². The van der Waals surface area contributed by atoms with Crippen LogP contribution in [0.15, 0.2) is 30.6 Å². The van der Waals surface area contributed by atoms with Gasteiger partial charge in [-0.1, -0.05) is 0 Å².